The van der Waals surface area contributed by atoms with Crippen molar-refractivity contribution in [1.82, 2.24) is 0 Å². The second-order valence-corrected chi connectivity index (χ2v) is 5.98. The summed E-state index contributed by atoms with van der Waals surface area (Å²) in [6, 6.07) is 13.9. The van der Waals surface area contributed by atoms with E-state index in [4.69, 9.17) is 19.2 Å². The lowest BCUT2D eigenvalue weighted by molar-refractivity contribution is 0.348. The number of hydrogen-bond donors (Lipinski definition) is 0. The van der Waals surface area contributed by atoms with Gasteiger partial charge in [0.25, 0.3) is 0 Å². The van der Waals surface area contributed by atoms with E-state index in [1.807, 2.05) is 0 Å². The van der Waals surface area contributed by atoms with Crippen LogP contribution in [0.15, 0.2) is 71.8 Å². The van der Waals surface area contributed by atoms with E-state index < -0.39 is 85.1 Å². The van der Waals surface area contributed by atoms with Gasteiger partial charge in [0.05, 0.1) is 0 Å². The van der Waals surface area contributed by atoms with E-state index in [2.05, 4.69) is 0 Å². The maximum absolute atomic E-state index is 9.68. The predicted octanol–water partition coefficient (Wildman–Crippen LogP) is 7.29. The summed E-state index contributed by atoms with van der Waals surface area (Å²) in [5.74, 6) is -7.63. The fraction of sp³-hybridized carbons (Fsp3) is 0.385. The van der Waals surface area contributed by atoms with Crippen molar-refractivity contribution in [2.75, 3.05) is 0 Å². The molecule has 5 rings (SSSR count). The Kier molecular flexibility index (Phi) is 1.58. The molecule has 2 unspecified atom stereocenters. The molecule has 2 aromatic rings. The van der Waals surface area contributed by atoms with Crippen LogP contribution in [-0.2, 0) is 0 Å². The Morgan fingerprint density at radius 2 is 1.42 bits per heavy atom. The molecular weight excluding hydrogens is 312 g/mol. The third-order valence-corrected chi connectivity index (χ3v) is 4.44. The van der Waals surface area contributed by atoms with Crippen molar-refractivity contribution in [2.24, 2.45) is 11.8 Å². The average molecular weight is 359 g/mol. The molecule has 0 aliphatic heterocycles. The average Bonchev–Trinajstić information content (AvgIpc) is 2.92. The molecule has 2 aromatic carbocycles. The minimum absolute atomic E-state index is 0.136. The number of allylic oxidation sites excluding steroid dienone is 4. The van der Waals surface area contributed by atoms with E-state index in [1.54, 1.807) is 0 Å². The topological polar surface area (TPSA) is 0 Å². The molecule has 0 heterocycles. The molecule has 1 saturated carbocycles. The van der Waals surface area contributed by atoms with E-state index in [-0.39, 0.29) is 11.1 Å². The number of hydrogen-bond acceptors (Lipinski definition) is 0. The van der Waals surface area contributed by atoms with Gasteiger partial charge >= 0.3 is 0 Å². The van der Waals surface area contributed by atoms with Crippen molar-refractivity contribution in [3.63, 3.8) is 0 Å². The summed E-state index contributed by atoms with van der Waals surface area (Å²) in [6.07, 6.45) is -30.5. The molecule has 0 amide bonds. The normalized spacial score (nSPS) is 57.1. The van der Waals surface area contributed by atoms with Gasteiger partial charge in [-0.1, -0.05) is 72.6 Å². The first kappa shape index (κ1) is 5.96. The zero-order valence-electron chi connectivity index (χ0n) is 31.8. The van der Waals surface area contributed by atoms with Crippen LogP contribution in [0.4, 0.5) is 0 Å². The first-order valence-corrected chi connectivity index (χ1v) is 8.32. The van der Waals surface area contributed by atoms with Crippen LogP contribution in [0.5, 0.6) is 0 Å². The zero-order chi connectivity index (χ0) is 33.5. The Balaban J connectivity index is 2.24. The van der Waals surface area contributed by atoms with Gasteiger partial charge in [-0.3, -0.25) is 0 Å². The molecule has 0 aromatic heterocycles. The Bertz CT molecular complexity index is 1590. The molecule has 26 heavy (non-hydrogen) atoms. The minimum Gasteiger partial charge on any atom is -0.0622 e. The third kappa shape index (κ3) is 2.76. The van der Waals surface area contributed by atoms with Crippen molar-refractivity contribution in [3.05, 3.63) is 82.9 Å². The van der Waals surface area contributed by atoms with E-state index in [0.717, 1.165) is 0 Å². The molecule has 3 aliphatic carbocycles. The summed E-state index contributed by atoms with van der Waals surface area (Å²) < 4.78 is 161. The van der Waals surface area contributed by atoms with Crippen LogP contribution in [-0.4, -0.2) is 0 Å². The first-order valence-electron chi connectivity index (χ1n) is 17.3. The largest absolute Gasteiger partial charge is 0.0622 e. The molecule has 0 N–H and O–H groups in total. The Labute approximate surface area is 182 Å². The maximum Gasteiger partial charge on any atom is 0.0353 e. The molecule has 3 aliphatic rings. The Morgan fingerprint density at radius 1 is 0.731 bits per heavy atom. The summed E-state index contributed by atoms with van der Waals surface area (Å²) in [4.78, 5) is 0. The van der Waals surface area contributed by atoms with Gasteiger partial charge in [0.1, 0.15) is 0 Å². The van der Waals surface area contributed by atoms with Gasteiger partial charge in [0.15, 0.2) is 0 Å². The fourth-order valence-corrected chi connectivity index (χ4v) is 3.31. The fourth-order valence-electron chi connectivity index (χ4n) is 3.31. The van der Waals surface area contributed by atoms with Crippen LogP contribution in [0.1, 0.15) is 86.8 Å². The standard InChI is InChI=1S/C26H28/c1-3-10-19(11-4-1)23-17-9-15-22-18-21-14-7-8-16-24(21)25(26(22)23)20-12-5-2-6-13-20/h1-6,10-13,21-22H,7-9,14-18H2/i7D2,8D2,9D2,14D2,15D2,16D2,17D2,18D2,21D,22D. The molecular formula is C26H28. The first-order chi connectivity index (χ1) is 19.7. The van der Waals surface area contributed by atoms with Crippen LogP contribution < -0.4 is 0 Å². The van der Waals surface area contributed by atoms with Crippen molar-refractivity contribution >= 4 is 11.1 Å². The molecule has 0 spiro atoms. The van der Waals surface area contributed by atoms with Gasteiger partial charge in [-0.25, -0.2) is 0 Å². The van der Waals surface area contributed by atoms with Crippen molar-refractivity contribution < 1.29 is 24.7 Å². The molecule has 1 fully saturated rings. The van der Waals surface area contributed by atoms with Crippen LogP contribution >= 0.6 is 0 Å². The van der Waals surface area contributed by atoms with Crippen molar-refractivity contribution in [2.45, 2.75) is 51.0 Å². The SMILES string of the molecule is [2H]C1([2H])C2=C(c3ccccc3)C3=C(c4ccccc4)C([2H])([2H])C([2H])([2H])C([2H])([2H])C3([2H])C([2H])([2H])C2([2H])C([2H])([2H])C([2H])([2H])C1([2H])[2H]. The number of rotatable bonds is 2. The van der Waals surface area contributed by atoms with Gasteiger partial charge in [-0.15, -0.1) is 0 Å². The minimum atomic E-state index is -4.06. The van der Waals surface area contributed by atoms with E-state index in [0.29, 0.717) is 0 Å². The van der Waals surface area contributed by atoms with E-state index >= 15 is 0 Å². The molecule has 132 valence electrons. The lowest BCUT2D eigenvalue weighted by atomic mass is 9.62. The van der Waals surface area contributed by atoms with E-state index in [9.17, 15) is 5.48 Å². The molecule has 0 radical (unpaired) electrons. The van der Waals surface area contributed by atoms with Crippen molar-refractivity contribution in [1.29, 1.82) is 0 Å². The Hall–Kier alpha value is -2.08. The second-order valence-electron chi connectivity index (χ2n) is 5.98. The van der Waals surface area contributed by atoms with Crippen LogP contribution in [0.3, 0.4) is 0 Å². The van der Waals surface area contributed by atoms with Crippen LogP contribution in [0, 0.1) is 11.8 Å². The van der Waals surface area contributed by atoms with Gasteiger partial charge in [0.2, 0.25) is 0 Å². The Morgan fingerprint density at radius 3 is 2.19 bits per heavy atom. The molecule has 0 heteroatoms. The van der Waals surface area contributed by atoms with E-state index in [1.165, 1.54) is 60.7 Å². The van der Waals surface area contributed by atoms with Crippen molar-refractivity contribution in [3.8, 4) is 0 Å². The second kappa shape index (κ2) is 6.91. The monoisotopic (exact) mass is 358 g/mol. The highest BCUT2D eigenvalue weighted by molar-refractivity contribution is 5.92. The lowest BCUT2D eigenvalue weighted by Crippen LogP contribution is -2.26. The predicted molar refractivity (Wildman–Crippen MR) is 111 cm³/mol. The van der Waals surface area contributed by atoms with Crippen LogP contribution in [0.2, 0.25) is 0 Å². The molecule has 0 saturated heterocycles. The molecule has 0 bridgehead atoms. The summed E-state index contributed by atoms with van der Waals surface area (Å²) in [5, 5.41) is 0. The summed E-state index contributed by atoms with van der Waals surface area (Å²) in [5.41, 5.74) is -4.00. The summed E-state index contributed by atoms with van der Waals surface area (Å²) in [6.45, 7) is 0. The number of benzene rings is 2. The smallest absolute Gasteiger partial charge is 0.0353 e. The molecule has 2 atom stereocenters. The van der Waals surface area contributed by atoms with Gasteiger partial charge in [-0.05, 0) is 84.2 Å². The summed E-state index contributed by atoms with van der Waals surface area (Å²) in [7, 11) is 0. The summed E-state index contributed by atoms with van der Waals surface area (Å²) >= 11 is 0. The third-order valence-electron chi connectivity index (χ3n) is 4.44. The highest BCUT2D eigenvalue weighted by atomic mass is 14.4. The quantitative estimate of drug-likeness (QED) is 0.529. The van der Waals surface area contributed by atoms with Gasteiger partial charge < -0.3 is 0 Å². The maximum atomic E-state index is 9.68. The highest BCUT2D eigenvalue weighted by Gasteiger charge is 2.37. The zero-order valence-corrected chi connectivity index (χ0v) is 13.8. The molecule has 0 nitrogen and oxygen atoms in total. The van der Waals surface area contributed by atoms with Crippen LogP contribution in [0.25, 0.3) is 11.1 Å². The van der Waals surface area contributed by atoms with Gasteiger partial charge in [0, 0.05) is 24.7 Å². The lowest BCUT2D eigenvalue weighted by Gasteiger charge is -2.42. The number of fused-ring (bicyclic) bond motifs is 2. The highest BCUT2D eigenvalue weighted by Crippen LogP contribution is 2.54. The van der Waals surface area contributed by atoms with Gasteiger partial charge in [-0.2, -0.15) is 0 Å².